The largest absolute Gasteiger partial charge is 0.419 e. The zero-order valence-electron chi connectivity index (χ0n) is 14.3. The zero-order valence-corrected chi connectivity index (χ0v) is 15.9. The third kappa shape index (κ3) is 3.73. The predicted molar refractivity (Wildman–Crippen MR) is 99.7 cm³/mol. The van der Waals surface area contributed by atoms with Crippen LogP contribution in [-0.4, -0.2) is 41.0 Å². The van der Waals surface area contributed by atoms with Gasteiger partial charge in [0, 0.05) is 24.3 Å². The van der Waals surface area contributed by atoms with Gasteiger partial charge in [0.15, 0.2) is 0 Å². The molecule has 1 aromatic carbocycles. The molecular weight excluding hydrogens is 388 g/mol. The molecule has 1 atom stereocenters. The molecule has 0 radical (unpaired) electrons. The van der Waals surface area contributed by atoms with Gasteiger partial charge in [-0.1, -0.05) is 23.7 Å². The van der Waals surface area contributed by atoms with Crippen LogP contribution in [-0.2, 0) is 10.0 Å². The van der Waals surface area contributed by atoms with Crippen molar-refractivity contribution in [2.24, 2.45) is 0 Å². The SMILES string of the molecule is O=S(=O)(c1cccc(Cl)c1)N1CCC[C@@H](c2nnc(-c3ccccn3)o2)C1. The second-order valence-electron chi connectivity index (χ2n) is 6.32. The van der Waals surface area contributed by atoms with Crippen LogP contribution >= 0.6 is 11.6 Å². The van der Waals surface area contributed by atoms with Gasteiger partial charge in [0.2, 0.25) is 15.9 Å². The van der Waals surface area contributed by atoms with E-state index in [0.717, 1.165) is 6.42 Å². The van der Waals surface area contributed by atoms with E-state index >= 15 is 0 Å². The number of rotatable bonds is 4. The molecule has 0 amide bonds. The molecule has 1 fully saturated rings. The van der Waals surface area contributed by atoms with Crippen LogP contribution in [0, 0.1) is 0 Å². The van der Waals surface area contributed by atoms with Gasteiger partial charge in [-0.05, 0) is 43.2 Å². The Balaban J connectivity index is 1.56. The molecule has 0 unspecified atom stereocenters. The number of nitrogens with zero attached hydrogens (tertiary/aromatic N) is 4. The van der Waals surface area contributed by atoms with E-state index in [9.17, 15) is 8.42 Å². The molecule has 3 heterocycles. The summed E-state index contributed by atoms with van der Waals surface area (Å²) in [4.78, 5) is 4.38. The molecular formula is C18H17ClN4O3S. The molecule has 1 saturated heterocycles. The van der Waals surface area contributed by atoms with E-state index in [1.165, 1.54) is 10.4 Å². The molecule has 0 spiro atoms. The monoisotopic (exact) mass is 404 g/mol. The summed E-state index contributed by atoms with van der Waals surface area (Å²) in [5, 5.41) is 8.56. The summed E-state index contributed by atoms with van der Waals surface area (Å²) in [6.45, 7) is 0.741. The summed E-state index contributed by atoms with van der Waals surface area (Å²) < 4.78 is 33.1. The molecule has 1 aliphatic heterocycles. The molecule has 4 rings (SSSR count). The first-order valence-corrected chi connectivity index (χ1v) is 10.4. The third-order valence-corrected chi connectivity index (χ3v) is 6.59. The lowest BCUT2D eigenvalue weighted by atomic mass is 10.00. The van der Waals surface area contributed by atoms with E-state index in [-0.39, 0.29) is 10.8 Å². The maximum Gasteiger partial charge on any atom is 0.266 e. The highest BCUT2D eigenvalue weighted by Gasteiger charge is 2.33. The van der Waals surface area contributed by atoms with Crippen molar-refractivity contribution in [1.82, 2.24) is 19.5 Å². The first-order chi connectivity index (χ1) is 13.0. The van der Waals surface area contributed by atoms with Crippen LogP contribution in [0.15, 0.2) is 58.0 Å². The molecule has 0 aliphatic carbocycles. The van der Waals surface area contributed by atoms with Gasteiger partial charge in [-0.15, -0.1) is 10.2 Å². The van der Waals surface area contributed by atoms with Crippen molar-refractivity contribution in [2.75, 3.05) is 13.1 Å². The summed E-state index contributed by atoms with van der Waals surface area (Å²) in [5.41, 5.74) is 0.593. The normalized spacial score (nSPS) is 18.5. The van der Waals surface area contributed by atoms with Crippen molar-refractivity contribution < 1.29 is 12.8 Å². The van der Waals surface area contributed by atoms with Crippen LogP contribution in [0.25, 0.3) is 11.6 Å². The molecule has 27 heavy (non-hydrogen) atoms. The van der Waals surface area contributed by atoms with Crippen molar-refractivity contribution >= 4 is 21.6 Å². The molecule has 1 aliphatic rings. The molecule has 0 N–H and O–H groups in total. The lowest BCUT2D eigenvalue weighted by molar-refractivity contribution is 0.286. The van der Waals surface area contributed by atoms with Gasteiger partial charge in [-0.3, -0.25) is 4.98 Å². The second-order valence-corrected chi connectivity index (χ2v) is 8.69. The smallest absolute Gasteiger partial charge is 0.266 e. The minimum absolute atomic E-state index is 0.155. The standard InChI is InChI=1S/C18H17ClN4O3S/c19-14-6-3-7-15(11-14)27(24,25)23-10-4-5-13(12-23)17-21-22-18(26-17)16-8-1-2-9-20-16/h1-3,6-9,11,13H,4-5,10,12H2/t13-/m1/s1. The average molecular weight is 405 g/mol. The van der Waals surface area contributed by atoms with Gasteiger partial charge in [-0.2, -0.15) is 4.31 Å². The maximum absolute atomic E-state index is 12.9. The van der Waals surface area contributed by atoms with E-state index in [1.54, 1.807) is 36.5 Å². The summed E-state index contributed by atoms with van der Waals surface area (Å²) in [6, 6.07) is 11.7. The van der Waals surface area contributed by atoms with Gasteiger partial charge in [-0.25, -0.2) is 8.42 Å². The van der Waals surface area contributed by atoms with Crippen molar-refractivity contribution in [2.45, 2.75) is 23.7 Å². The van der Waals surface area contributed by atoms with Crippen molar-refractivity contribution in [1.29, 1.82) is 0 Å². The molecule has 9 heteroatoms. The van der Waals surface area contributed by atoms with Crippen LogP contribution in [0.2, 0.25) is 5.02 Å². The number of hydrogen-bond acceptors (Lipinski definition) is 6. The van der Waals surface area contributed by atoms with E-state index in [1.807, 2.05) is 6.07 Å². The molecule has 2 aromatic heterocycles. The highest BCUT2D eigenvalue weighted by molar-refractivity contribution is 7.89. The van der Waals surface area contributed by atoms with Gasteiger partial charge in [0.1, 0.15) is 5.69 Å². The van der Waals surface area contributed by atoms with Crippen molar-refractivity contribution in [3.63, 3.8) is 0 Å². The minimum Gasteiger partial charge on any atom is -0.419 e. The number of hydrogen-bond donors (Lipinski definition) is 0. The Morgan fingerprint density at radius 3 is 2.81 bits per heavy atom. The van der Waals surface area contributed by atoms with Gasteiger partial charge < -0.3 is 4.42 Å². The molecule has 140 valence electrons. The zero-order chi connectivity index (χ0) is 18.9. The Morgan fingerprint density at radius 2 is 2.04 bits per heavy atom. The summed E-state index contributed by atoms with van der Waals surface area (Å²) in [7, 11) is -3.62. The average Bonchev–Trinajstić information content (AvgIpc) is 3.19. The van der Waals surface area contributed by atoms with Crippen LogP contribution in [0.5, 0.6) is 0 Å². The van der Waals surface area contributed by atoms with Crippen molar-refractivity contribution in [3.8, 4) is 11.6 Å². The van der Waals surface area contributed by atoms with Gasteiger partial charge in [0.05, 0.1) is 10.8 Å². The fraction of sp³-hybridized carbons (Fsp3) is 0.278. The first kappa shape index (κ1) is 18.1. The molecule has 7 nitrogen and oxygen atoms in total. The fourth-order valence-electron chi connectivity index (χ4n) is 3.13. The van der Waals surface area contributed by atoms with E-state index < -0.39 is 10.0 Å². The maximum atomic E-state index is 12.9. The number of benzene rings is 1. The molecule has 0 saturated carbocycles. The van der Waals surface area contributed by atoms with Gasteiger partial charge in [0.25, 0.3) is 5.89 Å². The fourth-order valence-corrected chi connectivity index (χ4v) is 4.96. The third-order valence-electron chi connectivity index (χ3n) is 4.49. The van der Waals surface area contributed by atoms with Crippen LogP contribution in [0.1, 0.15) is 24.7 Å². The predicted octanol–water partition coefficient (Wildman–Crippen LogP) is 3.35. The summed E-state index contributed by atoms with van der Waals surface area (Å²) in [6.07, 6.45) is 3.15. The number of aromatic nitrogens is 3. The number of sulfonamides is 1. The van der Waals surface area contributed by atoms with Crippen LogP contribution in [0.4, 0.5) is 0 Å². The van der Waals surface area contributed by atoms with Crippen LogP contribution in [0.3, 0.4) is 0 Å². The summed E-state index contributed by atoms with van der Waals surface area (Å²) >= 11 is 5.95. The lowest BCUT2D eigenvalue weighted by Gasteiger charge is -2.30. The van der Waals surface area contributed by atoms with Crippen LogP contribution < -0.4 is 0 Å². The number of piperidine rings is 1. The number of pyridine rings is 1. The van der Waals surface area contributed by atoms with E-state index in [4.69, 9.17) is 16.0 Å². The Kier molecular flexibility index (Phi) is 4.94. The Bertz CT molecular complexity index is 1040. The topological polar surface area (TPSA) is 89.2 Å². The van der Waals surface area contributed by atoms with E-state index in [0.29, 0.717) is 42.0 Å². The minimum atomic E-state index is -3.62. The Labute approximate surface area is 162 Å². The Morgan fingerprint density at radius 1 is 1.15 bits per heavy atom. The first-order valence-electron chi connectivity index (χ1n) is 8.54. The van der Waals surface area contributed by atoms with E-state index in [2.05, 4.69) is 15.2 Å². The highest BCUT2D eigenvalue weighted by Crippen LogP contribution is 2.31. The Hall–Kier alpha value is -2.29. The summed E-state index contributed by atoms with van der Waals surface area (Å²) in [5.74, 6) is 0.611. The lowest BCUT2D eigenvalue weighted by Crippen LogP contribution is -2.39. The quantitative estimate of drug-likeness (QED) is 0.662. The number of halogens is 1. The van der Waals surface area contributed by atoms with Gasteiger partial charge >= 0.3 is 0 Å². The molecule has 0 bridgehead atoms. The highest BCUT2D eigenvalue weighted by atomic mass is 35.5. The second kappa shape index (κ2) is 7.38. The molecule has 3 aromatic rings. The van der Waals surface area contributed by atoms with Crippen molar-refractivity contribution in [3.05, 3.63) is 59.6 Å².